The van der Waals surface area contributed by atoms with Crippen molar-refractivity contribution in [2.45, 2.75) is 56.2 Å². The second-order valence-electron chi connectivity index (χ2n) is 10.5. The van der Waals surface area contributed by atoms with Gasteiger partial charge in [-0.25, -0.2) is 0 Å². The molecule has 1 saturated heterocycles. The Morgan fingerprint density at radius 2 is 2.02 bits per heavy atom. The van der Waals surface area contributed by atoms with Gasteiger partial charge in [0.05, 0.1) is 33.8 Å². The van der Waals surface area contributed by atoms with Crippen molar-refractivity contribution < 1.29 is 14.3 Å². The van der Waals surface area contributed by atoms with Gasteiger partial charge in [-0.05, 0) is 85.3 Å². The molecule has 2 heterocycles. The molecule has 41 heavy (non-hydrogen) atoms. The van der Waals surface area contributed by atoms with Crippen molar-refractivity contribution in [3.05, 3.63) is 57.6 Å². The molecular formula is C29H30Cl2N6O3S. The number of halogens is 2. The fourth-order valence-electron chi connectivity index (χ4n) is 4.41. The summed E-state index contributed by atoms with van der Waals surface area (Å²) >= 11 is 14.2. The van der Waals surface area contributed by atoms with E-state index in [1.807, 2.05) is 36.9 Å². The zero-order chi connectivity index (χ0) is 29.0. The van der Waals surface area contributed by atoms with Crippen LogP contribution in [0.3, 0.4) is 0 Å². The molecule has 0 bridgehead atoms. The van der Waals surface area contributed by atoms with E-state index in [4.69, 9.17) is 27.9 Å². The average Bonchev–Trinajstić information content (AvgIpc) is 3.56. The standard InChI is InChI=1S/C29H30Cl2N6O3S/c1-29(2,40-15-14-36-13-3-4-27(36)39)12-11-19-5-9-24(22(30)16-19)32-26(38)18-41-28-33-34-35-37(28)25-10-8-21(17-23(25)31)20-6-7-20/h5,8-10,16-17,20H,3-4,6-7,13-15,18H2,1-2H3,(H,32,38). The number of thioether (sulfide) groups is 1. The molecule has 1 N–H and O–H groups in total. The van der Waals surface area contributed by atoms with Crippen LogP contribution >= 0.6 is 35.0 Å². The summed E-state index contributed by atoms with van der Waals surface area (Å²) in [4.78, 5) is 26.3. The average molecular weight is 614 g/mol. The van der Waals surface area contributed by atoms with Gasteiger partial charge in [-0.15, -0.1) is 5.10 Å². The van der Waals surface area contributed by atoms with Gasteiger partial charge in [-0.2, -0.15) is 4.68 Å². The lowest BCUT2D eigenvalue weighted by Gasteiger charge is -2.22. The number of rotatable bonds is 10. The number of aromatic nitrogens is 4. The number of tetrazole rings is 1. The SMILES string of the molecule is CC(C)(C#Cc1ccc(NC(=O)CSc2nnnn2-c2ccc(C3CC3)cc2Cl)c(Cl)c1)OCCN1CCCC1=O. The number of amides is 2. The third-order valence-corrected chi connectivity index (χ3v) is 8.30. The van der Waals surface area contributed by atoms with Gasteiger partial charge in [-0.1, -0.05) is 52.9 Å². The smallest absolute Gasteiger partial charge is 0.234 e. The summed E-state index contributed by atoms with van der Waals surface area (Å²) < 4.78 is 7.44. The van der Waals surface area contributed by atoms with Crippen LogP contribution in [-0.2, 0) is 14.3 Å². The molecule has 2 fully saturated rings. The maximum Gasteiger partial charge on any atom is 0.234 e. The Labute approximate surface area is 253 Å². The molecular weight excluding hydrogens is 583 g/mol. The molecule has 1 saturated carbocycles. The van der Waals surface area contributed by atoms with E-state index in [-0.39, 0.29) is 17.6 Å². The van der Waals surface area contributed by atoms with Crippen molar-refractivity contribution in [3.63, 3.8) is 0 Å². The van der Waals surface area contributed by atoms with Crippen molar-refractivity contribution in [2.24, 2.45) is 0 Å². The Balaban J connectivity index is 1.13. The monoisotopic (exact) mass is 612 g/mol. The summed E-state index contributed by atoms with van der Waals surface area (Å²) in [5, 5.41) is 16.1. The molecule has 5 rings (SSSR count). The van der Waals surface area contributed by atoms with Crippen molar-refractivity contribution in [3.8, 4) is 17.5 Å². The second-order valence-corrected chi connectivity index (χ2v) is 12.2. The Bertz CT molecular complexity index is 1510. The third-order valence-electron chi connectivity index (χ3n) is 6.77. The van der Waals surface area contributed by atoms with Crippen LogP contribution in [0.5, 0.6) is 0 Å². The maximum absolute atomic E-state index is 12.7. The van der Waals surface area contributed by atoms with Crippen molar-refractivity contribution in [1.82, 2.24) is 25.1 Å². The molecule has 0 unspecified atom stereocenters. The lowest BCUT2D eigenvalue weighted by Crippen LogP contribution is -2.32. The number of nitrogens with one attached hydrogen (secondary N) is 1. The van der Waals surface area contributed by atoms with Gasteiger partial charge < -0.3 is 15.0 Å². The summed E-state index contributed by atoms with van der Waals surface area (Å²) in [5.74, 6) is 6.78. The maximum atomic E-state index is 12.7. The topological polar surface area (TPSA) is 102 Å². The quantitative estimate of drug-likeness (QED) is 0.243. The number of hydrogen-bond acceptors (Lipinski definition) is 7. The van der Waals surface area contributed by atoms with Gasteiger partial charge >= 0.3 is 0 Å². The number of benzene rings is 2. The first-order valence-corrected chi connectivity index (χ1v) is 15.2. The number of nitrogens with zero attached hydrogens (tertiary/aromatic N) is 5. The van der Waals surface area contributed by atoms with E-state index in [2.05, 4.69) is 32.7 Å². The summed E-state index contributed by atoms with van der Waals surface area (Å²) in [6.45, 7) is 5.54. The molecule has 0 atom stereocenters. The minimum atomic E-state index is -0.696. The second kappa shape index (κ2) is 12.8. The summed E-state index contributed by atoms with van der Waals surface area (Å²) in [6, 6.07) is 11.1. The predicted molar refractivity (Wildman–Crippen MR) is 160 cm³/mol. The van der Waals surface area contributed by atoms with Crippen LogP contribution in [0.4, 0.5) is 5.69 Å². The largest absolute Gasteiger partial charge is 0.361 e. The Morgan fingerprint density at radius 1 is 1.20 bits per heavy atom. The fourth-order valence-corrected chi connectivity index (χ4v) is 5.59. The zero-order valence-electron chi connectivity index (χ0n) is 22.8. The van der Waals surface area contributed by atoms with Crippen LogP contribution in [0.25, 0.3) is 5.69 Å². The van der Waals surface area contributed by atoms with E-state index in [0.717, 1.165) is 13.0 Å². The van der Waals surface area contributed by atoms with Crippen molar-refractivity contribution in [2.75, 3.05) is 30.8 Å². The van der Waals surface area contributed by atoms with Crippen molar-refractivity contribution in [1.29, 1.82) is 0 Å². The van der Waals surface area contributed by atoms with Crippen LogP contribution in [0.1, 0.15) is 56.6 Å². The molecule has 0 spiro atoms. The van der Waals surface area contributed by atoms with Crippen LogP contribution in [-0.4, -0.2) is 68.0 Å². The number of hydrogen-bond donors (Lipinski definition) is 1. The first kappa shape index (κ1) is 29.4. The summed E-state index contributed by atoms with van der Waals surface area (Å²) in [7, 11) is 0. The predicted octanol–water partition coefficient (Wildman–Crippen LogP) is 5.35. The Kier molecular flexibility index (Phi) is 9.19. The number of carbonyl (C=O) groups is 2. The Morgan fingerprint density at radius 3 is 2.73 bits per heavy atom. The normalized spacial score (nSPS) is 15.1. The first-order valence-electron chi connectivity index (χ1n) is 13.4. The van der Waals surface area contributed by atoms with E-state index in [1.165, 1.54) is 34.8 Å². The number of ether oxygens (including phenoxy) is 1. The van der Waals surface area contributed by atoms with E-state index < -0.39 is 5.60 Å². The van der Waals surface area contributed by atoms with Gasteiger partial charge in [-0.3, -0.25) is 9.59 Å². The van der Waals surface area contributed by atoms with Gasteiger partial charge in [0.2, 0.25) is 17.0 Å². The molecule has 1 aliphatic heterocycles. The molecule has 2 aliphatic rings. The Hall–Kier alpha value is -3.10. The molecule has 1 aromatic heterocycles. The van der Waals surface area contributed by atoms with Gasteiger partial charge in [0.15, 0.2) is 0 Å². The van der Waals surface area contributed by atoms with E-state index in [9.17, 15) is 9.59 Å². The van der Waals surface area contributed by atoms with Crippen LogP contribution in [0.15, 0.2) is 41.6 Å². The summed E-state index contributed by atoms with van der Waals surface area (Å²) in [6.07, 6.45) is 3.90. The molecule has 3 aromatic rings. The minimum absolute atomic E-state index is 0.0740. The molecule has 214 valence electrons. The number of anilines is 1. The van der Waals surface area contributed by atoms with E-state index in [0.29, 0.717) is 57.6 Å². The molecule has 12 heteroatoms. The zero-order valence-corrected chi connectivity index (χ0v) is 25.2. The third kappa shape index (κ3) is 7.80. The van der Waals surface area contributed by atoms with Gasteiger partial charge in [0, 0.05) is 25.1 Å². The van der Waals surface area contributed by atoms with Crippen LogP contribution in [0.2, 0.25) is 10.0 Å². The number of carbonyl (C=O) groups excluding carboxylic acids is 2. The highest BCUT2D eigenvalue weighted by Gasteiger charge is 2.25. The molecule has 2 amide bonds. The van der Waals surface area contributed by atoms with E-state index >= 15 is 0 Å². The lowest BCUT2D eigenvalue weighted by molar-refractivity contribution is -0.128. The van der Waals surface area contributed by atoms with Crippen LogP contribution < -0.4 is 5.32 Å². The highest BCUT2D eigenvalue weighted by atomic mass is 35.5. The molecule has 1 aliphatic carbocycles. The fraction of sp³-hybridized carbons (Fsp3) is 0.414. The minimum Gasteiger partial charge on any atom is -0.361 e. The molecule has 9 nitrogen and oxygen atoms in total. The highest BCUT2D eigenvalue weighted by molar-refractivity contribution is 7.99. The van der Waals surface area contributed by atoms with Gasteiger partial charge in [0.25, 0.3) is 0 Å². The van der Waals surface area contributed by atoms with E-state index in [1.54, 1.807) is 18.2 Å². The summed E-state index contributed by atoms with van der Waals surface area (Å²) in [5.41, 5.74) is 2.36. The van der Waals surface area contributed by atoms with Crippen LogP contribution in [0, 0.1) is 11.8 Å². The highest BCUT2D eigenvalue weighted by Crippen LogP contribution is 2.41. The first-order chi connectivity index (χ1) is 19.7. The van der Waals surface area contributed by atoms with Gasteiger partial charge in [0.1, 0.15) is 5.60 Å². The van der Waals surface area contributed by atoms with Crippen molar-refractivity contribution >= 4 is 52.5 Å². The lowest BCUT2D eigenvalue weighted by atomic mass is 10.1. The molecule has 0 radical (unpaired) electrons. The number of likely N-dealkylation sites (tertiary alicyclic amines) is 1. The molecule has 2 aromatic carbocycles.